The molecule has 1 saturated heterocycles. The number of piperidine rings is 1. The number of H-pyrrole nitrogens is 1. The molecule has 1 aliphatic rings. The third-order valence-electron chi connectivity index (χ3n) is 4.93. The molecule has 2 N–H and O–H groups in total. The Labute approximate surface area is 165 Å². The third kappa shape index (κ3) is 3.90. The molecule has 1 atom stereocenters. The minimum Gasteiger partial charge on any atom is -0.351 e. The maximum atomic E-state index is 12.9. The smallest absolute Gasteiger partial charge is 0.270 e. The van der Waals surface area contributed by atoms with E-state index in [4.69, 9.17) is 0 Å². The Balaban J connectivity index is 1.45. The highest BCUT2D eigenvalue weighted by Crippen LogP contribution is 2.23. The van der Waals surface area contributed by atoms with Crippen LogP contribution in [0.1, 0.15) is 23.3 Å². The number of rotatable bonds is 3. The molecule has 1 aliphatic heterocycles. The van der Waals surface area contributed by atoms with Crippen molar-refractivity contribution in [3.63, 3.8) is 0 Å². The monoisotopic (exact) mass is 425 g/mol. The van der Waals surface area contributed by atoms with Gasteiger partial charge in [0.25, 0.3) is 5.91 Å². The van der Waals surface area contributed by atoms with Gasteiger partial charge in [-0.3, -0.25) is 9.59 Å². The van der Waals surface area contributed by atoms with Gasteiger partial charge in [-0.05, 0) is 43.2 Å². The van der Waals surface area contributed by atoms with Gasteiger partial charge in [0.1, 0.15) is 5.69 Å². The van der Waals surface area contributed by atoms with Crippen molar-refractivity contribution in [1.29, 1.82) is 0 Å². The molecule has 5 nitrogen and oxygen atoms in total. The normalized spacial score (nSPS) is 17.1. The predicted molar refractivity (Wildman–Crippen MR) is 110 cm³/mol. The Morgan fingerprint density at radius 1 is 1.11 bits per heavy atom. The molecule has 3 aromatic rings. The zero-order valence-electron chi connectivity index (χ0n) is 14.7. The molecule has 138 valence electrons. The zero-order chi connectivity index (χ0) is 18.8. The first kappa shape index (κ1) is 17.8. The number of hydrogen-bond donors (Lipinski definition) is 2. The molecule has 0 radical (unpaired) electrons. The molecule has 6 heteroatoms. The Morgan fingerprint density at radius 3 is 2.78 bits per heavy atom. The minimum atomic E-state index is -0.203. The number of carbonyl (C=O) groups excluding carboxylic acids is 2. The lowest BCUT2D eigenvalue weighted by molar-refractivity contribution is -0.121. The number of para-hydroxylation sites is 1. The van der Waals surface area contributed by atoms with Crippen molar-refractivity contribution < 1.29 is 9.59 Å². The number of fused-ring (bicyclic) bond motifs is 1. The van der Waals surface area contributed by atoms with Gasteiger partial charge in [-0.2, -0.15) is 0 Å². The molecule has 0 spiro atoms. The number of benzene rings is 2. The number of aromatic nitrogens is 1. The summed E-state index contributed by atoms with van der Waals surface area (Å²) in [5, 5.41) is 3.97. The quantitative estimate of drug-likeness (QED) is 0.651. The molecular weight excluding hydrogens is 406 g/mol. The van der Waals surface area contributed by atoms with Crippen LogP contribution < -0.4 is 5.32 Å². The van der Waals surface area contributed by atoms with Crippen molar-refractivity contribution in [2.45, 2.75) is 12.8 Å². The van der Waals surface area contributed by atoms with E-state index in [2.05, 4.69) is 26.2 Å². The standard InChI is InChI=1S/C21H20BrN3O2/c22-16-7-3-8-17(12-16)23-20(26)15-6-4-10-25(13-15)21(27)19-11-14-5-1-2-9-18(14)24-19/h1-3,5,7-9,11-12,15,24H,4,6,10,13H2,(H,23,26)/t15-/m1/s1. The van der Waals surface area contributed by atoms with E-state index in [1.165, 1.54) is 0 Å². The number of anilines is 1. The van der Waals surface area contributed by atoms with Crippen LogP contribution in [0.15, 0.2) is 59.1 Å². The van der Waals surface area contributed by atoms with Crippen LogP contribution in [0, 0.1) is 5.92 Å². The number of amides is 2. The van der Waals surface area contributed by atoms with Crippen LogP contribution in [0.5, 0.6) is 0 Å². The largest absolute Gasteiger partial charge is 0.351 e. The summed E-state index contributed by atoms with van der Waals surface area (Å²) in [6, 6.07) is 17.2. The Kier molecular flexibility index (Phi) is 4.99. The van der Waals surface area contributed by atoms with Crippen LogP contribution in [0.3, 0.4) is 0 Å². The minimum absolute atomic E-state index is 0.0396. The fourth-order valence-corrected chi connectivity index (χ4v) is 3.94. The van der Waals surface area contributed by atoms with Crippen LogP contribution in [0.25, 0.3) is 10.9 Å². The average molecular weight is 426 g/mol. The van der Waals surface area contributed by atoms with Crippen molar-refractivity contribution in [1.82, 2.24) is 9.88 Å². The van der Waals surface area contributed by atoms with Gasteiger partial charge in [-0.1, -0.05) is 40.2 Å². The highest BCUT2D eigenvalue weighted by atomic mass is 79.9. The fraction of sp³-hybridized carbons (Fsp3) is 0.238. The van der Waals surface area contributed by atoms with Crippen LogP contribution in [0.2, 0.25) is 0 Å². The lowest BCUT2D eigenvalue weighted by Gasteiger charge is -2.31. The highest BCUT2D eigenvalue weighted by Gasteiger charge is 2.29. The van der Waals surface area contributed by atoms with Crippen molar-refractivity contribution in [2.75, 3.05) is 18.4 Å². The van der Waals surface area contributed by atoms with Gasteiger partial charge in [0, 0.05) is 34.2 Å². The maximum absolute atomic E-state index is 12.9. The molecule has 2 amide bonds. The van der Waals surface area contributed by atoms with Crippen molar-refractivity contribution >= 4 is 44.3 Å². The first-order valence-electron chi connectivity index (χ1n) is 9.03. The molecule has 1 aromatic heterocycles. The van der Waals surface area contributed by atoms with Crippen molar-refractivity contribution in [3.05, 3.63) is 64.8 Å². The molecule has 4 rings (SSSR count). The number of carbonyl (C=O) groups is 2. The molecule has 0 aliphatic carbocycles. The summed E-state index contributed by atoms with van der Waals surface area (Å²) in [6.45, 7) is 1.11. The SMILES string of the molecule is O=C(Nc1cccc(Br)c1)[C@@H]1CCCN(C(=O)c2cc3ccccc3[nH]2)C1. The van der Waals surface area contributed by atoms with Gasteiger partial charge in [-0.25, -0.2) is 0 Å². The fourth-order valence-electron chi connectivity index (χ4n) is 3.55. The van der Waals surface area contributed by atoms with Crippen LogP contribution in [0.4, 0.5) is 5.69 Å². The summed E-state index contributed by atoms with van der Waals surface area (Å²) in [4.78, 5) is 30.5. The zero-order valence-corrected chi connectivity index (χ0v) is 16.3. The average Bonchev–Trinajstić information content (AvgIpc) is 3.12. The third-order valence-corrected chi connectivity index (χ3v) is 5.43. The summed E-state index contributed by atoms with van der Waals surface area (Å²) >= 11 is 3.41. The van der Waals surface area contributed by atoms with Gasteiger partial charge >= 0.3 is 0 Å². The topological polar surface area (TPSA) is 65.2 Å². The van der Waals surface area contributed by atoms with E-state index in [1.807, 2.05) is 54.6 Å². The van der Waals surface area contributed by atoms with Crippen LogP contribution >= 0.6 is 15.9 Å². The van der Waals surface area contributed by atoms with Gasteiger partial charge in [0.05, 0.1) is 5.92 Å². The van der Waals surface area contributed by atoms with Gasteiger partial charge in [0.15, 0.2) is 0 Å². The summed E-state index contributed by atoms with van der Waals surface area (Å²) in [7, 11) is 0. The van der Waals surface area contributed by atoms with E-state index >= 15 is 0 Å². The first-order valence-corrected chi connectivity index (χ1v) is 9.83. The maximum Gasteiger partial charge on any atom is 0.270 e. The van der Waals surface area contributed by atoms with Crippen LogP contribution in [-0.4, -0.2) is 34.8 Å². The number of hydrogen-bond acceptors (Lipinski definition) is 2. The lowest BCUT2D eigenvalue weighted by Crippen LogP contribution is -2.43. The van der Waals surface area contributed by atoms with Gasteiger partial charge in [0.2, 0.25) is 5.91 Å². The molecule has 1 fully saturated rings. The second-order valence-corrected chi connectivity index (χ2v) is 7.78. The molecule has 27 heavy (non-hydrogen) atoms. The summed E-state index contributed by atoms with van der Waals surface area (Å²) in [5.41, 5.74) is 2.28. The summed E-state index contributed by atoms with van der Waals surface area (Å²) < 4.78 is 0.916. The van der Waals surface area contributed by atoms with E-state index in [-0.39, 0.29) is 17.7 Å². The molecular formula is C21H20BrN3O2. The number of aromatic amines is 1. The summed E-state index contributed by atoms with van der Waals surface area (Å²) in [6.07, 6.45) is 1.61. The number of nitrogens with zero attached hydrogens (tertiary/aromatic N) is 1. The molecule has 0 unspecified atom stereocenters. The second kappa shape index (κ2) is 7.56. The van der Waals surface area contributed by atoms with E-state index in [1.54, 1.807) is 4.90 Å². The Bertz CT molecular complexity index is 965. The van der Waals surface area contributed by atoms with E-state index in [0.717, 1.165) is 33.9 Å². The molecule has 2 heterocycles. The molecule has 2 aromatic carbocycles. The van der Waals surface area contributed by atoms with Gasteiger partial charge < -0.3 is 15.2 Å². The van der Waals surface area contributed by atoms with Gasteiger partial charge in [-0.15, -0.1) is 0 Å². The first-order chi connectivity index (χ1) is 13.1. The second-order valence-electron chi connectivity index (χ2n) is 6.86. The number of likely N-dealkylation sites (tertiary alicyclic amines) is 1. The predicted octanol–water partition coefficient (Wildman–Crippen LogP) is 4.42. The van der Waals surface area contributed by atoms with E-state index < -0.39 is 0 Å². The Hall–Kier alpha value is -2.60. The van der Waals surface area contributed by atoms with Crippen molar-refractivity contribution in [2.24, 2.45) is 5.92 Å². The van der Waals surface area contributed by atoms with Crippen molar-refractivity contribution in [3.8, 4) is 0 Å². The number of nitrogens with one attached hydrogen (secondary N) is 2. The number of halogens is 1. The molecule has 0 bridgehead atoms. The van der Waals surface area contributed by atoms with E-state index in [9.17, 15) is 9.59 Å². The Morgan fingerprint density at radius 2 is 1.96 bits per heavy atom. The molecule has 0 saturated carbocycles. The van der Waals surface area contributed by atoms with E-state index in [0.29, 0.717) is 18.8 Å². The lowest BCUT2D eigenvalue weighted by atomic mass is 9.96. The summed E-state index contributed by atoms with van der Waals surface area (Å²) in [5.74, 6) is -0.292. The van der Waals surface area contributed by atoms with Crippen LogP contribution in [-0.2, 0) is 4.79 Å². The highest BCUT2D eigenvalue weighted by molar-refractivity contribution is 9.10.